The average Bonchev–Trinajstić information content (AvgIpc) is 0.731. The molecule has 11 aromatic carbocycles. The second-order valence-electron chi connectivity index (χ2n) is 31.2. The monoisotopic (exact) mass is 2110 g/mol. The zero-order chi connectivity index (χ0) is 103. The molecule has 3 aliphatic rings. The molecule has 0 aromatic heterocycles. The maximum Gasteiger partial charge on any atom is 0.324 e. The number of nitrogens with zero attached hydrogens (tertiary/aromatic N) is 7. The fourth-order valence-electron chi connectivity index (χ4n) is 15.2. The van der Waals surface area contributed by atoms with Crippen LogP contribution >= 0.6 is 23.2 Å². The molecule has 14 rings (SSSR count). The van der Waals surface area contributed by atoms with Crippen molar-refractivity contribution in [3.05, 3.63) is 239 Å². The number of amides is 1. The summed E-state index contributed by atoms with van der Waals surface area (Å²) in [4.78, 5) is 85.9. The van der Waals surface area contributed by atoms with Crippen molar-refractivity contribution in [1.82, 2.24) is 13.5 Å². The van der Waals surface area contributed by atoms with Crippen molar-refractivity contribution in [1.29, 1.82) is 0 Å². The molecule has 754 valence electrons. The summed E-state index contributed by atoms with van der Waals surface area (Å²) in [6.07, 6.45) is -0.334. The highest BCUT2D eigenvalue weighted by Gasteiger charge is 2.42. The zero-order valence-electron chi connectivity index (χ0n) is 76.1. The van der Waals surface area contributed by atoms with Crippen molar-refractivity contribution in [2.45, 2.75) is 81.2 Å². The molecular formula is C93H93Cl2N7O34S6. The Morgan fingerprint density at radius 3 is 0.979 bits per heavy atom. The topological polar surface area (TPSA) is 551 Å². The number of methoxy groups -OCH3 is 4. The van der Waals surface area contributed by atoms with Gasteiger partial charge in [-0.1, -0.05) is 96.0 Å². The summed E-state index contributed by atoms with van der Waals surface area (Å²) in [7, 11) is -21.8. The van der Waals surface area contributed by atoms with Gasteiger partial charge in [-0.05, 0) is 152 Å². The highest BCUT2D eigenvalue weighted by molar-refractivity contribution is 7.94. The Kier molecular flexibility index (Phi) is 34.1. The maximum absolute atomic E-state index is 14.3. The number of benzene rings is 11. The molecule has 1 fully saturated rings. The first kappa shape index (κ1) is 107. The molecule has 11 aromatic rings. The number of hydrogen-bond donors (Lipinski definition) is 6. The number of fused-ring (bicyclic) bond motifs is 4. The Bertz CT molecular complexity index is 7090. The van der Waals surface area contributed by atoms with E-state index in [-0.39, 0.29) is 159 Å². The van der Waals surface area contributed by atoms with Gasteiger partial charge in [-0.3, -0.25) is 50.8 Å². The number of carboxylic acid groups (broad SMARTS) is 6. The number of sulfonamides is 6. The Hall–Kier alpha value is -14.0. The number of carbonyl (C=O) groups excluding carboxylic acids is 1. The largest absolute Gasteiger partial charge is 0.497 e. The number of anilines is 4. The standard InChI is InChI=1S/C35H37N3O12S2.C30H24Cl2N2O12S2.C28H32N2O10S2/c1-48-25-8-12-27(13-9-25)51(44,45)37(22-33(40)41)31-21-24(7-16-32(39)36-17-19-50-20-18-36)35(30-6-4-3-5-29(30)31)38(23-34(42)43)52(46,47)28-14-10-26(49-2)11-15-28;31-19-11-23-25(45-9-7-43-23)13-27(19)47(39,40)33(15-29(35)36)21-5-6-22(18-4-2-1-3-17(18)21)34(16-30(37)38)48(41,42)28-14-26-24(12-20(28)32)44-8-10-46-26;1-19(27(31)32)29(41(35,36)25-13-9-23(39-3)10-14-25)17-21-7-5-6-8-22(21)18-30(20(2)28(33)34)42(37,38)26-15-11-24(40-4)12-16-26/h3-6,8-15,21H,7,16-20,22-23H2,1-2H3,(H,40,41)(H,42,43);1-6,11-14H,7-10,15-16H2,(H,35,36)(H,37,38);5-16,19-20H,17-18H2,1-4H3,(H,31,32)(H,33,34). The van der Waals surface area contributed by atoms with E-state index in [1.165, 1.54) is 218 Å². The van der Waals surface area contributed by atoms with Crippen LogP contribution in [-0.2, 0) is 118 Å². The highest BCUT2D eigenvalue weighted by atomic mass is 35.5. The maximum atomic E-state index is 14.3. The van der Waals surface area contributed by atoms with Crippen molar-refractivity contribution in [3.63, 3.8) is 0 Å². The summed E-state index contributed by atoms with van der Waals surface area (Å²) >= 11 is 12.7. The minimum absolute atomic E-state index is 0.0763. The van der Waals surface area contributed by atoms with E-state index >= 15 is 0 Å². The van der Waals surface area contributed by atoms with Crippen LogP contribution in [0, 0.1) is 0 Å². The average molecular weight is 2120 g/mol. The molecule has 2 unspecified atom stereocenters. The van der Waals surface area contributed by atoms with Gasteiger partial charge in [-0.25, -0.2) is 50.5 Å². The number of halogens is 2. The predicted molar refractivity (Wildman–Crippen MR) is 515 cm³/mol. The summed E-state index contributed by atoms with van der Waals surface area (Å²) in [6, 6.07) is 45.2. The smallest absolute Gasteiger partial charge is 0.324 e. The van der Waals surface area contributed by atoms with E-state index in [1.54, 1.807) is 29.2 Å². The quantitative estimate of drug-likeness (QED) is 0.0208. The number of rotatable bonds is 39. The lowest BCUT2D eigenvalue weighted by Gasteiger charge is -2.31. The lowest BCUT2D eigenvalue weighted by atomic mass is 9.98. The molecule has 41 nitrogen and oxygen atoms in total. The van der Waals surface area contributed by atoms with Crippen LogP contribution in [0.1, 0.15) is 37.0 Å². The Morgan fingerprint density at radius 1 is 0.352 bits per heavy atom. The molecule has 3 heterocycles. The molecule has 142 heavy (non-hydrogen) atoms. The summed E-state index contributed by atoms with van der Waals surface area (Å²) < 4.78 is 220. The number of hydrogen-bond acceptors (Lipinski definition) is 28. The van der Waals surface area contributed by atoms with Crippen molar-refractivity contribution >= 4 is 169 Å². The first-order chi connectivity index (χ1) is 67.3. The predicted octanol–water partition coefficient (Wildman–Crippen LogP) is 10.5. The van der Waals surface area contributed by atoms with Crippen LogP contribution in [0.2, 0.25) is 10.0 Å². The first-order valence-corrected chi connectivity index (χ1v) is 51.9. The number of aryl methyl sites for hydroxylation is 1. The Labute approximate surface area is 825 Å². The summed E-state index contributed by atoms with van der Waals surface area (Å²) in [6.45, 7) is -0.548. The van der Waals surface area contributed by atoms with Gasteiger partial charge < -0.3 is 78.2 Å². The van der Waals surface area contributed by atoms with Crippen LogP contribution in [0.25, 0.3) is 21.5 Å². The molecular weight excluding hydrogens is 2020 g/mol. The first-order valence-electron chi connectivity index (χ1n) is 42.5. The van der Waals surface area contributed by atoms with Crippen molar-refractivity contribution in [2.75, 3.05) is 125 Å². The third kappa shape index (κ3) is 23.9. The molecule has 1 amide bonds. The summed E-state index contributed by atoms with van der Waals surface area (Å²) in [5.41, 5.74) is 0.118. The number of ether oxygens (including phenoxy) is 9. The van der Waals surface area contributed by atoms with Gasteiger partial charge in [-0.2, -0.15) is 8.61 Å². The normalized spacial score (nSPS) is 13.6. The highest BCUT2D eigenvalue weighted by Crippen LogP contribution is 2.47. The van der Waals surface area contributed by atoms with Crippen LogP contribution in [-0.4, -0.2) is 256 Å². The molecule has 2 atom stereocenters. The van der Waals surface area contributed by atoms with Gasteiger partial charge in [0.15, 0.2) is 23.0 Å². The fraction of sp³-hybridized carbons (Fsp3) is 0.258. The van der Waals surface area contributed by atoms with Crippen molar-refractivity contribution in [2.24, 2.45) is 0 Å². The van der Waals surface area contributed by atoms with Crippen molar-refractivity contribution < 1.29 is 157 Å². The Morgan fingerprint density at radius 2 is 0.648 bits per heavy atom. The van der Waals surface area contributed by atoms with Gasteiger partial charge in [0.25, 0.3) is 40.1 Å². The van der Waals surface area contributed by atoms with Gasteiger partial charge >= 0.3 is 35.8 Å². The minimum Gasteiger partial charge on any atom is -0.497 e. The molecule has 1 saturated heterocycles. The number of carbonyl (C=O) groups is 7. The van der Waals surface area contributed by atoms with Crippen LogP contribution in [0.5, 0.6) is 46.0 Å². The van der Waals surface area contributed by atoms with Crippen LogP contribution in [0.15, 0.2) is 242 Å². The van der Waals surface area contributed by atoms with Gasteiger partial charge in [0.05, 0.1) is 94.0 Å². The number of morpholine rings is 1. The van der Waals surface area contributed by atoms with Gasteiger partial charge in [-0.15, -0.1) is 0 Å². The van der Waals surface area contributed by atoms with E-state index in [0.29, 0.717) is 66.5 Å². The molecule has 0 radical (unpaired) electrons. The SMILES string of the molecule is COc1ccc(S(=O)(=O)N(CC(=O)O)c2cc(CCC(=O)N3CCOCC3)c(N(CC(=O)O)S(=O)(=O)c3ccc(OC)cc3)c3ccccc23)cc1.COc1ccc(S(=O)(=O)N(Cc2ccccc2CN(C(C)C(=O)O)S(=O)(=O)c2ccc(OC)cc2)C(C)C(=O)O)cc1.O=C(O)CN(c1ccc(N(CC(=O)O)S(=O)(=O)c2cc3c(cc2Cl)OCCO3)c2ccccc12)S(=O)(=O)c1cc2c(cc1Cl)OCCO2. The van der Waals surface area contributed by atoms with Crippen LogP contribution < -0.4 is 55.1 Å². The zero-order valence-corrected chi connectivity index (χ0v) is 82.5. The third-order valence-electron chi connectivity index (χ3n) is 22.4. The van der Waals surface area contributed by atoms with E-state index in [0.717, 1.165) is 20.7 Å². The Balaban J connectivity index is 0.000000191. The fourth-order valence-corrected chi connectivity index (χ4v) is 25.1. The van der Waals surface area contributed by atoms with Gasteiger partial charge in [0.2, 0.25) is 26.0 Å². The summed E-state index contributed by atoms with van der Waals surface area (Å²) in [5.74, 6) is -6.94. The third-order valence-corrected chi connectivity index (χ3v) is 34.2. The van der Waals surface area contributed by atoms with Gasteiger partial charge in [0, 0.05) is 78.4 Å². The van der Waals surface area contributed by atoms with E-state index < -0.39 is 157 Å². The minimum atomic E-state index is -4.73. The van der Waals surface area contributed by atoms with E-state index in [1.807, 2.05) is 0 Å². The van der Waals surface area contributed by atoms with Gasteiger partial charge in [0.1, 0.15) is 97.5 Å². The summed E-state index contributed by atoms with van der Waals surface area (Å²) in [5, 5.41) is 59.0. The van der Waals surface area contributed by atoms with Crippen LogP contribution in [0.3, 0.4) is 0 Å². The second kappa shape index (κ2) is 45.3. The van der Waals surface area contributed by atoms with E-state index in [9.17, 15) is 115 Å². The molecule has 0 bridgehead atoms. The molecule has 0 spiro atoms. The second-order valence-corrected chi connectivity index (χ2v) is 43.1. The number of carboxylic acids is 6. The number of aliphatic carboxylic acids is 6. The molecule has 3 aliphatic heterocycles. The lowest BCUT2D eigenvalue weighted by Crippen LogP contribution is -2.44. The molecule has 0 saturated carbocycles. The molecule has 49 heteroatoms. The molecule has 6 N–H and O–H groups in total. The van der Waals surface area contributed by atoms with E-state index in [4.69, 9.17) is 65.8 Å². The van der Waals surface area contributed by atoms with Crippen LogP contribution in [0.4, 0.5) is 22.7 Å². The lowest BCUT2D eigenvalue weighted by molar-refractivity contribution is -0.142. The van der Waals surface area contributed by atoms with Crippen molar-refractivity contribution in [3.8, 4) is 46.0 Å². The molecule has 0 aliphatic carbocycles. The van der Waals surface area contributed by atoms with E-state index in [2.05, 4.69) is 0 Å².